The fourth-order valence-corrected chi connectivity index (χ4v) is 3.46. The summed E-state index contributed by atoms with van der Waals surface area (Å²) in [5.74, 6) is -1.75. The fraction of sp³-hybridized carbons (Fsp3) is 0.353. The van der Waals surface area contributed by atoms with Gasteiger partial charge in [-0.05, 0) is 66.5 Å². The summed E-state index contributed by atoms with van der Waals surface area (Å²) in [4.78, 5) is 4.32. The average Bonchev–Trinajstić information content (AvgIpc) is 2.47. The quantitative estimate of drug-likeness (QED) is 0.788. The summed E-state index contributed by atoms with van der Waals surface area (Å²) >= 11 is 3.42. The van der Waals surface area contributed by atoms with Crippen molar-refractivity contribution >= 4 is 26.9 Å². The van der Waals surface area contributed by atoms with E-state index in [0.717, 1.165) is 10.5 Å². The monoisotopic (exact) mass is 416 g/mol. The summed E-state index contributed by atoms with van der Waals surface area (Å²) in [6.07, 6.45) is 1.61. The SMILES string of the molecule is CC(C)(C)S(=O)NC[C@H](c1cc(F)cc(F)c1)c1ncccc1Br. The van der Waals surface area contributed by atoms with Crippen molar-refractivity contribution in [2.24, 2.45) is 0 Å². The third-order valence-electron chi connectivity index (χ3n) is 3.38. The number of nitrogens with one attached hydrogen (secondary N) is 1. The van der Waals surface area contributed by atoms with E-state index in [1.807, 2.05) is 26.8 Å². The van der Waals surface area contributed by atoms with Crippen LogP contribution in [-0.2, 0) is 11.0 Å². The lowest BCUT2D eigenvalue weighted by Gasteiger charge is -2.23. The standard InChI is InChI=1S/C17H19BrF2N2OS/c1-17(2,3)24(23)22-10-14(16-15(18)5-4-6-21-16)11-7-12(19)9-13(20)8-11/h4-9,14,22H,10H2,1-3H3/t14-,24?/m1/s1. The van der Waals surface area contributed by atoms with E-state index in [2.05, 4.69) is 25.6 Å². The van der Waals surface area contributed by atoms with Crippen molar-refractivity contribution in [1.82, 2.24) is 9.71 Å². The molecule has 1 N–H and O–H groups in total. The summed E-state index contributed by atoms with van der Waals surface area (Å²) in [6.45, 7) is 5.79. The van der Waals surface area contributed by atoms with E-state index in [9.17, 15) is 13.0 Å². The highest BCUT2D eigenvalue weighted by atomic mass is 79.9. The van der Waals surface area contributed by atoms with Crippen LogP contribution in [-0.4, -0.2) is 20.5 Å². The van der Waals surface area contributed by atoms with Crippen molar-refractivity contribution in [1.29, 1.82) is 0 Å². The number of benzene rings is 1. The van der Waals surface area contributed by atoms with Crippen LogP contribution in [0.2, 0.25) is 0 Å². The minimum Gasteiger partial charge on any atom is -0.259 e. The second-order valence-corrected chi connectivity index (χ2v) is 9.26. The highest BCUT2D eigenvalue weighted by Crippen LogP contribution is 2.29. The Balaban J connectivity index is 2.39. The van der Waals surface area contributed by atoms with Gasteiger partial charge in [0, 0.05) is 29.2 Å². The van der Waals surface area contributed by atoms with E-state index in [-0.39, 0.29) is 6.54 Å². The van der Waals surface area contributed by atoms with Crippen LogP contribution in [0.3, 0.4) is 0 Å². The first-order chi connectivity index (χ1) is 11.2. The van der Waals surface area contributed by atoms with E-state index >= 15 is 0 Å². The van der Waals surface area contributed by atoms with Crippen LogP contribution in [0.4, 0.5) is 8.78 Å². The molecule has 1 aromatic heterocycles. The van der Waals surface area contributed by atoms with Gasteiger partial charge in [0.25, 0.3) is 0 Å². The highest BCUT2D eigenvalue weighted by molar-refractivity contribution is 9.10. The maximum atomic E-state index is 13.6. The van der Waals surface area contributed by atoms with Crippen LogP contribution >= 0.6 is 15.9 Å². The molecule has 0 fully saturated rings. The predicted molar refractivity (Wildman–Crippen MR) is 96.0 cm³/mol. The summed E-state index contributed by atoms with van der Waals surface area (Å²) in [5.41, 5.74) is 1.06. The molecule has 1 aromatic carbocycles. The maximum Gasteiger partial charge on any atom is 0.126 e. The van der Waals surface area contributed by atoms with Gasteiger partial charge in [-0.1, -0.05) is 0 Å². The first-order valence-corrected chi connectivity index (χ1v) is 9.34. The van der Waals surface area contributed by atoms with Crippen LogP contribution in [0.25, 0.3) is 0 Å². The molecule has 2 rings (SSSR count). The number of pyridine rings is 1. The molecule has 3 nitrogen and oxygen atoms in total. The van der Waals surface area contributed by atoms with Crippen LogP contribution in [0, 0.1) is 11.6 Å². The highest BCUT2D eigenvalue weighted by Gasteiger charge is 2.24. The Morgan fingerprint density at radius 2 is 1.88 bits per heavy atom. The number of halogens is 3. The molecule has 2 atom stereocenters. The number of rotatable bonds is 5. The van der Waals surface area contributed by atoms with Crippen molar-refractivity contribution in [2.75, 3.05) is 6.54 Å². The zero-order valence-electron chi connectivity index (χ0n) is 13.6. The largest absolute Gasteiger partial charge is 0.259 e. The molecule has 0 spiro atoms. The number of aromatic nitrogens is 1. The van der Waals surface area contributed by atoms with Gasteiger partial charge in [-0.15, -0.1) is 0 Å². The van der Waals surface area contributed by atoms with Crippen LogP contribution in [0.5, 0.6) is 0 Å². The average molecular weight is 417 g/mol. The third kappa shape index (κ3) is 4.91. The molecule has 24 heavy (non-hydrogen) atoms. The van der Waals surface area contributed by atoms with Gasteiger partial charge in [0.15, 0.2) is 0 Å². The molecule has 0 bridgehead atoms. The predicted octanol–water partition coefficient (Wildman–Crippen LogP) is 4.31. The van der Waals surface area contributed by atoms with E-state index < -0.39 is 33.3 Å². The molecule has 0 amide bonds. The zero-order chi connectivity index (χ0) is 17.9. The minimum absolute atomic E-state index is 0.238. The molecule has 7 heteroatoms. The smallest absolute Gasteiger partial charge is 0.126 e. The number of nitrogens with zero attached hydrogens (tertiary/aromatic N) is 1. The molecule has 0 aliphatic carbocycles. The summed E-state index contributed by atoms with van der Waals surface area (Å²) in [6, 6.07) is 6.95. The van der Waals surface area contributed by atoms with Crippen molar-refractivity contribution in [3.63, 3.8) is 0 Å². The Kier molecular flexibility index (Phi) is 6.22. The van der Waals surface area contributed by atoms with Gasteiger partial charge in [0.1, 0.15) is 11.6 Å². The molecule has 130 valence electrons. The Hall–Kier alpha value is -1.18. The Morgan fingerprint density at radius 1 is 1.25 bits per heavy atom. The first-order valence-electron chi connectivity index (χ1n) is 7.40. The van der Waals surface area contributed by atoms with Crippen molar-refractivity contribution in [2.45, 2.75) is 31.4 Å². The molecule has 0 aliphatic rings. The second-order valence-electron chi connectivity index (χ2n) is 6.36. The molecule has 2 aromatic rings. The van der Waals surface area contributed by atoms with Crippen LogP contribution in [0.15, 0.2) is 41.0 Å². The molecule has 1 heterocycles. The minimum atomic E-state index is -1.30. The lowest BCUT2D eigenvalue weighted by atomic mass is 9.95. The zero-order valence-corrected chi connectivity index (χ0v) is 16.0. The lowest BCUT2D eigenvalue weighted by Crippen LogP contribution is -2.36. The van der Waals surface area contributed by atoms with E-state index in [4.69, 9.17) is 0 Å². The van der Waals surface area contributed by atoms with Gasteiger partial charge in [0.05, 0.1) is 21.4 Å². The molecular weight excluding hydrogens is 398 g/mol. The Bertz CT molecular complexity index is 729. The summed E-state index contributed by atoms with van der Waals surface area (Å²) in [7, 11) is -1.30. The molecule has 0 aliphatic heterocycles. The Labute approximate surface area is 151 Å². The Morgan fingerprint density at radius 3 is 2.42 bits per heavy atom. The lowest BCUT2D eigenvalue weighted by molar-refractivity contribution is 0.574. The summed E-state index contributed by atoms with van der Waals surface area (Å²) < 4.78 is 42.8. The molecule has 0 saturated carbocycles. The number of hydrogen-bond donors (Lipinski definition) is 1. The molecule has 0 radical (unpaired) electrons. The van der Waals surface area contributed by atoms with Gasteiger partial charge >= 0.3 is 0 Å². The van der Waals surface area contributed by atoms with E-state index in [1.165, 1.54) is 12.1 Å². The number of hydrogen-bond acceptors (Lipinski definition) is 2. The summed E-state index contributed by atoms with van der Waals surface area (Å²) in [5, 5.41) is 0. The van der Waals surface area contributed by atoms with Gasteiger partial charge < -0.3 is 0 Å². The van der Waals surface area contributed by atoms with E-state index in [0.29, 0.717) is 11.3 Å². The van der Waals surface area contributed by atoms with Gasteiger partial charge in [-0.2, -0.15) is 0 Å². The van der Waals surface area contributed by atoms with E-state index in [1.54, 1.807) is 12.3 Å². The molecular formula is C17H19BrF2N2OS. The van der Waals surface area contributed by atoms with Gasteiger partial charge in [-0.3, -0.25) is 4.98 Å². The van der Waals surface area contributed by atoms with Crippen molar-refractivity contribution in [3.8, 4) is 0 Å². The fourth-order valence-electron chi connectivity index (χ4n) is 2.18. The van der Waals surface area contributed by atoms with Gasteiger partial charge in [0.2, 0.25) is 0 Å². The normalized spacial score (nSPS) is 14.4. The molecule has 0 saturated heterocycles. The topological polar surface area (TPSA) is 42.0 Å². The van der Waals surface area contributed by atoms with Crippen molar-refractivity contribution < 1.29 is 13.0 Å². The first kappa shape index (κ1) is 19.1. The van der Waals surface area contributed by atoms with Gasteiger partial charge in [-0.25, -0.2) is 17.7 Å². The van der Waals surface area contributed by atoms with Crippen molar-refractivity contribution in [3.05, 3.63) is 63.9 Å². The molecule has 1 unspecified atom stereocenters. The third-order valence-corrected chi connectivity index (χ3v) is 5.59. The maximum absolute atomic E-state index is 13.6. The van der Waals surface area contributed by atoms with Crippen LogP contribution in [0.1, 0.15) is 37.9 Å². The van der Waals surface area contributed by atoms with Crippen LogP contribution < -0.4 is 4.72 Å². The second kappa shape index (κ2) is 7.80.